The number of hydrogen-bond donors (Lipinski definition) is 0. The summed E-state index contributed by atoms with van der Waals surface area (Å²) in [5.41, 5.74) is 2.63. The van der Waals surface area contributed by atoms with Crippen LogP contribution in [0.15, 0.2) is 30.9 Å². The fraction of sp³-hybridized carbons (Fsp3) is 0.357. The van der Waals surface area contributed by atoms with Gasteiger partial charge in [0.15, 0.2) is 0 Å². The van der Waals surface area contributed by atoms with Gasteiger partial charge in [-0.3, -0.25) is 0 Å². The van der Waals surface area contributed by atoms with Gasteiger partial charge < -0.3 is 4.74 Å². The molecule has 0 saturated carbocycles. The van der Waals surface area contributed by atoms with Crippen molar-refractivity contribution in [2.45, 2.75) is 26.7 Å². The van der Waals surface area contributed by atoms with E-state index in [1.165, 1.54) is 17.0 Å². The minimum Gasteiger partial charge on any atom is -0.497 e. The maximum atomic E-state index is 5.24. The van der Waals surface area contributed by atoms with Crippen LogP contribution in [0.25, 0.3) is 0 Å². The Labute approximate surface area is 92.8 Å². The fourth-order valence-corrected chi connectivity index (χ4v) is 1.65. The summed E-state index contributed by atoms with van der Waals surface area (Å²) in [6.07, 6.45) is 4.15. The maximum absolute atomic E-state index is 5.24. The Kier molecular flexibility index (Phi) is 4.41. The zero-order valence-corrected chi connectivity index (χ0v) is 9.84. The second kappa shape index (κ2) is 5.59. The zero-order valence-electron chi connectivity index (χ0n) is 9.84. The molecule has 1 radical (unpaired) electrons. The molecule has 1 aromatic carbocycles. The molecule has 0 heterocycles. The van der Waals surface area contributed by atoms with E-state index in [2.05, 4.69) is 32.6 Å². The second-order valence-corrected chi connectivity index (χ2v) is 3.66. The normalized spacial score (nSPS) is 10.4. The molecule has 0 fully saturated rings. The van der Waals surface area contributed by atoms with Crippen molar-refractivity contribution < 1.29 is 4.74 Å². The number of hydrogen-bond acceptors (Lipinski definition) is 1. The summed E-state index contributed by atoms with van der Waals surface area (Å²) in [4.78, 5) is 0. The average molecular weight is 203 g/mol. The molecular weight excluding hydrogens is 184 g/mol. The van der Waals surface area contributed by atoms with E-state index >= 15 is 0 Å². The van der Waals surface area contributed by atoms with E-state index in [1.54, 1.807) is 7.11 Å². The molecule has 1 heteroatoms. The van der Waals surface area contributed by atoms with E-state index in [4.69, 9.17) is 4.74 Å². The summed E-state index contributed by atoms with van der Waals surface area (Å²) in [5.74, 6) is 2.11. The summed E-state index contributed by atoms with van der Waals surface area (Å²) < 4.78 is 5.24. The zero-order chi connectivity index (χ0) is 11.3. The van der Waals surface area contributed by atoms with Gasteiger partial charge in [-0.05, 0) is 29.7 Å². The molecule has 0 amide bonds. The van der Waals surface area contributed by atoms with Crippen LogP contribution in [0.2, 0.25) is 0 Å². The fourth-order valence-electron chi connectivity index (χ4n) is 1.65. The van der Waals surface area contributed by atoms with Crippen LogP contribution in [0, 0.1) is 5.92 Å². The number of rotatable bonds is 5. The lowest BCUT2D eigenvalue weighted by molar-refractivity contribution is 0.414. The third-order valence-corrected chi connectivity index (χ3v) is 2.57. The molecule has 1 nitrogen and oxygen atoms in total. The van der Waals surface area contributed by atoms with Crippen LogP contribution in [0.1, 0.15) is 31.4 Å². The molecule has 0 unspecified atom stereocenters. The van der Waals surface area contributed by atoms with Crippen molar-refractivity contribution in [1.82, 2.24) is 0 Å². The standard InChI is InChI=1S/C14H19O/c1-5-7-12-8-9-13(15-4)10-14(12)11(3)6-2/h6,8-10H,2,5,7H2,1,3-4H3. The van der Waals surface area contributed by atoms with Crippen molar-refractivity contribution in [3.8, 4) is 5.75 Å². The van der Waals surface area contributed by atoms with Crippen LogP contribution in [-0.4, -0.2) is 7.11 Å². The second-order valence-electron chi connectivity index (χ2n) is 3.66. The average Bonchev–Trinajstić information content (AvgIpc) is 2.29. The molecule has 0 aliphatic rings. The van der Waals surface area contributed by atoms with Crippen LogP contribution in [0.5, 0.6) is 5.75 Å². The minimum absolute atomic E-state index is 0.908. The molecule has 0 bridgehead atoms. The molecule has 0 atom stereocenters. The molecule has 0 aliphatic carbocycles. The lowest BCUT2D eigenvalue weighted by atomic mass is 9.93. The summed E-state index contributed by atoms with van der Waals surface area (Å²) >= 11 is 0. The molecule has 0 saturated heterocycles. The van der Waals surface area contributed by atoms with Gasteiger partial charge in [0.05, 0.1) is 7.11 Å². The van der Waals surface area contributed by atoms with Gasteiger partial charge >= 0.3 is 0 Å². The first-order chi connectivity index (χ1) is 7.22. The van der Waals surface area contributed by atoms with Crippen LogP contribution in [0.3, 0.4) is 0 Å². The van der Waals surface area contributed by atoms with E-state index in [-0.39, 0.29) is 0 Å². The Morgan fingerprint density at radius 2 is 2.20 bits per heavy atom. The first kappa shape index (κ1) is 11.8. The third-order valence-electron chi connectivity index (χ3n) is 2.57. The number of allylic oxidation sites excluding steroid dienone is 1. The lowest BCUT2D eigenvalue weighted by Gasteiger charge is -2.13. The molecule has 15 heavy (non-hydrogen) atoms. The highest BCUT2D eigenvalue weighted by atomic mass is 16.5. The largest absolute Gasteiger partial charge is 0.497 e. The van der Waals surface area contributed by atoms with Gasteiger partial charge in [0.2, 0.25) is 0 Å². The molecule has 1 rings (SSSR count). The first-order valence-electron chi connectivity index (χ1n) is 5.36. The Hall–Kier alpha value is -1.24. The van der Waals surface area contributed by atoms with Gasteiger partial charge in [-0.15, -0.1) is 6.58 Å². The highest BCUT2D eigenvalue weighted by Gasteiger charge is 2.09. The molecular formula is C14H19O. The molecule has 0 aromatic heterocycles. The third kappa shape index (κ3) is 2.85. The Morgan fingerprint density at radius 1 is 1.47 bits per heavy atom. The van der Waals surface area contributed by atoms with E-state index < -0.39 is 0 Å². The van der Waals surface area contributed by atoms with Crippen molar-refractivity contribution >= 4 is 0 Å². The summed E-state index contributed by atoms with van der Waals surface area (Å²) in [6.45, 7) is 8.09. The summed E-state index contributed by atoms with van der Waals surface area (Å²) in [5, 5.41) is 0. The van der Waals surface area contributed by atoms with Gasteiger partial charge in [-0.2, -0.15) is 0 Å². The Balaban J connectivity index is 3.09. The van der Waals surface area contributed by atoms with Gasteiger partial charge in [0.25, 0.3) is 0 Å². The predicted octanol–water partition coefficient (Wildman–Crippen LogP) is 3.78. The lowest BCUT2D eigenvalue weighted by Crippen LogP contribution is -1.98. The monoisotopic (exact) mass is 203 g/mol. The van der Waals surface area contributed by atoms with Gasteiger partial charge in [0, 0.05) is 5.92 Å². The first-order valence-corrected chi connectivity index (χ1v) is 5.36. The maximum Gasteiger partial charge on any atom is 0.119 e. The molecule has 0 spiro atoms. The quantitative estimate of drug-likeness (QED) is 0.707. The smallest absolute Gasteiger partial charge is 0.119 e. The summed E-state index contributed by atoms with van der Waals surface area (Å²) in [6, 6.07) is 6.25. The van der Waals surface area contributed by atoms with Crippen molar-refractivity contribution in [3.05, 3.63) is 47.9 Å². The topological polar surface area (TPSA) is 9.23 Å². The van der Waals surface area contributed by atoms with Crippen molar-refractivity contribution in [2.75, 3.05) is 7.11 Å². The van der Waals surface area contributed by atoms with Crippen LogP contribution >= 0.6 is 0 Å². The van der Waals surface area contributed by atoms with Crippen LogP contribution < -0.4 is 4.74 Å². The molecule has 0 N–H and O–H groups in total. The van der Waals surface area contributed by atoms with E-state index in [9.17, 15) is 0 Å². The highest BCUT2D eigenvalue weighted by Crippen LogP contribution is 2.25. The van der Waals surface area contributed by atoms with Gasteiger partial charge in [-0.25, -0.2) is 0 Å². The SMILES string of the molecule is C=C[C](C)c1cc(OC)ccc1CCC. The van der Waals surface area contributed by atoms with Crippen molar-refractivity contribution in [1.29, 1.82) is 0 Å². The van der Waals surface area contributed by atoms with Crippen LogP contribution in [0.4, 0.5) is 0 Å². The van der Waals surface area contributed by atoms with Crippen molar-refractivity contribution in [2.24, 2.45) is 0 Å². The number of ether oxygens (including phenoxy) is 1. The summed E-state index contributed by atoms with van der Waals surface area (Å²) in [7, 11) is 1.70. The molecule has 1 aromatic rings. The number of aryl methyl sites for hydroxylation is 1. The van der Waals surface area contributed by atoms with Crippen molar-refractivity contribution in [3.63, 3.8) is 0 Å². The van der Waals surface area contributed by atoms with Gasteiger partial charge in [-0.1, -0.05) is 32.4 Å². The predicted molar refractivity (Wildman–Crippen MR) is 65.2 cm³/mol. The molecule has 81 valence electrons. The van der Waals surface area contributed by atoms with E-state index in [1.807, 2.05) is 12.1 Å². The number of methoxy groups -OCH3 is 1. The van der Waals surface area contributed by atoms with E-state index in [0.29, 0.717) is 0 Å². The van der Waals surface area contributed by atoms with Crippen LogP contribution in [-0.2, 0) is 6.42 Å². The van der Waals surface area contributed by atoms with Gasteiger partial charge in [0.1, 0.15) is 5.75 Å². The molecule has 0 aliphatic heterocycles. The number of benzene rings is 1. The highest BCUT2D eigenvalue weighted by molar-refractivity contribution is 5.46. The Bertz CT molecular complexity index is 328. The minimum atomic E-state index is 0.908. The van der Waals surface area contributed by atoms with E-state index in [0.717, 1.165) is 18.6 Å². The Morgan fingerprint density at radius 3 is 2.73 bits per heavy atom.